The first kappa shape index (κ1) is 17.1. The summed E-state index contributed by atoms with van der Waals surface area (Å²) in [5.41, 5.74) is 0.943. The number of thiazole rings is 1. The van der Waals surface area contributed by atoms with Crippen LogP contribution in [0.15, 0.2) is 5.38 Å². The van der Waals surface area contributed by atoms with Gasteiger partial charge in [-0.05, 0) is 19.3 Å². The molecule has 0 saturated heterocycles. The first-order chi connectivity index (χ1) is 9.38. The molecule has 0 bridgehead atoms. The Morgan fingerprint density at radius 3 is 2.60 bits per heavy atom. The lowest BCUT2D eigenvalue weighted by Gasteiger charge is -2.28. The van der Waals surface area contributed by atoms with Crippen LogP contribution in [0.2, 0.25) is 0 Å². The van der Waals surface area contributed by atoms with Crippen LogP contribution in [-0.2, 0) is 20.7 Å². The van der Waals surface area contributed by atoms with E-state index in [1.54, 1.807) is 11.3 Å². The molecule has 1 atom stereocenters. The molecule has 0 amide bonds. The molecule has 0 N–H and O–H groups in total. The molecule has 20 heavy (non-hydrogen) atoms. The molecule has 4 nitrogen and oxygen atoms in total. The number of rotatable bonds is 7. The van der Waals surface area contributed by atoms with Crippen molar-refractivity contribution in [1.29, 1.82) is 0 Å². The first-order valence-corrected chi connectivity index (χ1v) is 7.98. The molecule has 0 fully saturated rings. The average Bonchev–Trinajstić information content (AvgIpc) is 2.80. The maximum atomic E-state index is 11.3. The molecule has 1 heterocycles. The summed E-state index contributed by atoms with van der Waals surface area (Å²) in [6, 6.07) is 0. The third-order valence-corrected chi connectivity index (χ3v) is 3.74. The number of hydrogen-bond donors (Lipinski definition) is 0. The van der Waals surface area contributed by atoms with Gasteiger partial charge < -0.3 is 9.47 Å². The summed E-state index contributed by atoms with van der Waals surface area (Å²) in [5, 5.41) is 2.99. The minimum atomic E-state index is -0.167. The second kappa shape index (κ2) is 7.74. The second-order valence-electron chi connectivity index (χ2n) is 5.68. The third-order valence-electron chi connectivity index (χ3n) is 2.80. The lowest BCUT2D eigenvalue weighted by atomic mass is 9.89. The molecule has 0 aliphatic heterocycles. The third kappa shape index (κ3) is 5.21. The Morgan fingerprint density at radius 1 is 1.35 bits per heavy atom. The van der Waals surface area contributed by atoms with E-state index < -0.39 is 0 Å². The van der Waals surface area contributed by atoms with Crippen LogP contribution >= 0.6 is 11.3 Å². The fraction of sp³-hybridized carbons (Fsp3) is 0.733. The zero-order valence-electron chi connectivity index (χ0n) is 13.1. The van der Waals surface area contributed by atoms with E-state index in [9.17, 15) is 4.79 Å². The fourth-order valence-electron chi connectivity index (χ4n) is 1.88. The van der Waals surface area contributed by atoms with Crippen molar-refractivity contribution in [3.63, 3.8) is 0 Å². The standard InChI is InChI=1S/C15H25NO3S/c1-6-18-12(17)9-8-11-10-20-14(16-11)13(19-7-2)15(3,4)5/h10,13H,6-9H2,1-5H3. The maximum Gasteiger partial charge on any atom is 0.306 e. The molecule has 0 radical (unpaired) electrons. The topological polar surface area (TPSA) is 48.4 Å². The van der Waals surface area contributed by atoms with Crippen molar-refractivity contribution in [2.45, 2.75) is 53.6 Å². The van der Waals surface area contributed by atoms with E-state index in [4.69, 9.17) is 9.47 Å². The SMILES string of the molecule is CCOC(=O)CCc1csc(C(OCC)C(C)(C)C)n1. The summed E-state index contributed by atoms with van der Waals surface area (Å²) >= 11 is 1.60. The summed E-state index contributed by atoms with van der Waals surface area (Å²) in [6.45, 7) is 11.3. The van der Waals surface area contributed by atoms with E-state index in [1.165, 1.54) is 0 Å². The Balaban J connectivity index is 2.67. The van der Waals surface area contributed by atoms with E-state index in [-0.39, 0.29) is 17.5 Å². The quantitative estimate of drug-likeness (QED) is 0.719. The summed E-state index contributed by atoms with van der Waals surface area (Å²) in [4.78, 5) is 16.0. The maximum absolute atomic E-state index is 11.3. The van der Waals surface area contributed by atoms with Gasteiger partial charge in [0.1, 0.15) is 11.1 Å². The lowest BCUT2D eigenvalue weighted by Crippen LogP contribution is -2.21. The summed E-state index contributed by atoms with van der Waals surface area (Å²) < 4.78 is 10.7. The van der Waals surface area contributed by atoms with Crippen LogP contribution in [0, 0.1) is 5.41 Å². The van der Waals surface area contributed by atoms with Crippen molar-refractivity contribution in [2.75, 3.05) is 13.2 Å². The van der Waals surface area contributed by atoms with Gasteiger partial charge in [-0.3, -0.25) is 4.79 Å². The first-order valence-electron chi connectivity index (χ1n) is 7.10. The van der Waals surface area contributed by atoms with Gasteiger partial charge in [-0.1, -0.05) is 20.8 Å². The van der Waals surface area contributed by atoms with Crippen molar-refractivity contribution in [3.8, 4) is 0 Å². The monoisotopic (exact) mass is 299 g/mol. The number of nitrogens with zero attached hydrogens (tertiary/aromatic N) is 1. The zero-order valence-corrected chi connectivity index (χ0v) is 13.9. The van der Waals surface area contributed by atoms with Gasteiger partial charge in [0.25, 0.3) is 0 Å². The highest BCUT2D eigenvalue weighted by molar-refractivity contribution is 7.09. The molecule has 0 aliphatic rings. The Bertz CT molecular complexity index is 423. The smallest absolute Gasteiger partial charge is 0.306 e. The summed E-state index contributed by atoms with van der Waals surface area (Å²) in [7, 11) is 0. The number of carbonyl (C=O) groups is 1. The Hall–Kier alpha value is -0.940. The average molecular weight is 299 g/mol. The van der Waals surface area contributed by atoms with E-state index in [0.717, 1.165) is 10.7 Å². The van der Waals surface area contributed by atoms with Crippen LogP contribution in [0.4, 0.5) is 0 Å². The molecule has 5 heteroatoms. The number of hydrogen-bond acceptors (Lipinski definition) is 5. The Kier molecular flexibility index (Phi) is 6.62. The van der Waals surface area contributed by atoms with Crippen LogP contribution in [-0.4, -0.2) is 24.2 Å². The van der Waals surface area contributed by atoms with Gasteiger partial charge in [-0.2, -0.15) is 0 Å². The molecule has 0 saturated carbocycles. The Morgan fingerprint density at radius 2 is 2.05 bits per heavy atom. The number of carbonyl (C=O) groups excluding carboxylic acids is 1. The van der Waals surface area contributed by atoms with E-state index in [1.807, 2.05) is 19.2 Å². The number of ether oxygens (including phenoxy) is 2. The highest BCUT2D eigenvalue weighted by atomic mass is 32.1. The van der Waals surface area contributed by atoms with Crippen LogP contribution in [0.1, 0.15) is 57.8 Å². The van der Waals surface area contributed by atoms with Gasteiger partial charge >= 0.3 is 5.97 Å². The van der Waals surface area contributed by atoms with Crippen LogP contribution < -0.4 is 0 Å². The summed E-state index contributed by atoms with van der Waals surface area (Å²) in [6.07, 6.45) is 0.998. The fourth-order valence-corrected chi connectivity index (χ4v) is 3.02. The van der Waals surface area contributed by atoms with E-state index in [0.29, 0.717) is 26.1 Å². The molecule has 114 valence electrons. The lowest BCUT2D eigenvalue weighted by molar-refractivity contribution is -0.143. The normalized spacial score (nSPS) is 13.2. The predicted molar refractivity (Wildman–Crippen MR) is 80.9 cm³/mol. The van der Waals surface area contributed by atoms with Crippen molar-refractivity contribution < 1.29 is 14.3 Å². The van der Waals surface area contributed by atoms with Gasteiger partial charge in [-0.15, -0.1) is 11.3 Å². The van der Waals surface area contributed by atoms with Crippen molar-refractivity contribution in [3.05, 3.63) is 16.1 Å². The van der Waals surface area contributed by atoms with Crippen molar-refractivity contribution >= 4 is 17.3 Å². The largest absolute Gasteiger partial charge is 0.466 e. The Labute approximate surface area is 125 Å². The molecule has 1 aromatic rings. The predicted octanol–water partition coefficient (Wildman–Crippen LogP) is 3.76. The highest BCUT2D eigenvalue weighted by Gasteiger charge is 2.29. The van der Waals surface area contributed by atoms with Crippen LogP contribution in [0.3, 0.4) is 0 Å². The van der Waals surface area contributed by atoms with Crippen molar-refractivity contribution in [1.82, 2.24) is 4.98 Å². The molecular formula is C15H25NO3S. The van der Waals surface area contributed by atoms with Gasteiger partial charge in [0, 0.05) is 18.4 Å². The molecule has 1 rings (SSSR count). The van der Waals surface area contributed by atoms with Gasteiger partial charge in [0.2, 0.25) is 0 Å². The number of aryl methyl sites for hydroxylation is 1. The number of aromatic nitrogens is 1. The molecule has 1 aromatic heterocycles. The zero-order chi connectivity index (χ0) is 15.2. The molecule has 1 unspecified atom stereocenters. The van der Waals surface area contributed by atoms with Crippen molar-refractivity contribution in [2.24, 2.45) is 5.41 Å². The molecule has 0 aliphatic carbocycles. The molecule has 0 spiro atoms. The second-order valence-corrected chi connectivity index (χ2v) is 6.57. The van der Waals surface area contributed by atoms with Crippen LogP contribution in [0.5, 0.6) is 0 Å². The molecular weight excluding hydrogens is 274 g/mol. The molecule has 0 aromatic carbocycles. The van der Waals surface area contributed by atoms with Gasteiger partial charge in [0.05, 0.1) is 18.7 Å². The van der Waals surface area contributed by atoms with E-state index >= 15 is 0 Å². The van der Waals surface area contributed by atoms with Gasteiger partial charge in [-0.25, -0.2) is 4.98 Å². The van der Waals surface area contributed by atoms with E-state index in [2.05, 4.69) is 25.8 Å². The summed E-state index contributed by atoms with van der Waals surface area (Å²) in [5.74, 6) is -0.167. The minimum Gasteiger partial charge on any atom is -0.466 e. The van der Waals surface area contributed by atoms with Crippen LogP contribution in [0.25, 0.3) is 0 Å². The number of esters is 1. The highest BCUT2D eigenvalue weighted by Crippen LogP contribution is 2.37. The van der Waals surface area contributed by atoms with Gasteiger partial charge in [0.15, 0.2) is 0 Å². The minimum absolute atomic E-state index is 0.00570.